The first-order chi connectivity index (χ1) is 12.9. The summed E-state index contributed by atoms with van der Waals surface area (Å²) >= 11 is 0. The molecule has 138 valence electrons. The summed E-state index contributed by atoms with van der Waals surface area (Å²) in [6.45, 7) is 1.56. The van der Waals surface area contributed by atoms with E-state index in [1.807, 2.05) is 0 Å². The molecule has 3 rings (SSSR count). The van der Waals surface area contributed by atoms with Crippen LogP contribution in [0.5, 0.6) is 11.5 Å². The van der Waals surface area contributed by atoms with Gasteiger partial charge in [0.2, 0.25) is 5.91 Å². The number of benzene rings is 2. The number of amides is 2. The molecule has 1 heterocycles. The zero-order valence-electron chi connectivity index (χ0n) is 14.8. The van der Waals surface area contributed by atoms with Gasteiger partial charge in [-0.2, -0.15) is 5.26 Å². The molecule has 0 aliphatic carbocycles. The van der Waals surface area contributed by atoms with Crippen molar-refractivity contribution < 1.29 is 19.4 Å². The molecule has 0 radical (unpaired) electrons. The molecule has 1 aliphatic heterocycles. The maximum atomic E-state index is 11.8. The molecule has 0 spiro atoms. The molecule has 1 saturated heterocycles. The van der Waals surface area contributed by atoms with Crippen LogP contribution in [0.1, 0.15) is 36.9 Å². The Morgan fingerprint density at radius 1 is 1.26 bits per heavy atom. The lowest BCUT2D eigenvalue weighted by Crippen LogP contribution is -2.54. The molecule has 27 heavy (non-hydrogen) atoms. The summed E-state index contributed by atoms with van der Waals surface area (Å²) in [6, 6.07) is 15.5. The number of hydrogen-bond donors (Lipinski definition) is 2. The Labute approximate surface area is 156 Å². The largest absolute Gasteiger partial charge is 0.465 e. The number of nitriles is 1. The maximum Gasteiger partial charge on any atom is 0.408 e. The highest BCUT2D eigenvalue weighted by molar-refractivity contribution is 5.88. The summed E-state index contributed by atoms with van der Waals surface area (Å²) in [5.74, 6) is 0.321. The molecule has 3 N–H and O–H groups in total. The normalized spacial score (nSPS) is 21.5. The SMILES string of the molecule is C[C@@]1(C(N)=O)CC[C@H](c2ccc(Oc3ccccc3C#N)cc2)N1C(=O)O. The van der Waals surface area contributed by atoms with Crippen LogP contribution in [0.2, 0.25) is 0 Å². The van der Waals surface area contributed by atoms with Crippen LogP contribution >= 0.6 is 0 Å². The molecular weight excluding hydrogens is 346 g/mol. The second kappa shape index (κ2) is 7.00. The quantitative estimate of drug-likeness (QED) is 0.861. The van der Waals surface area contributed by atoms with E-state index in [-0.39, 0.29) is 0 Å². The van der Waals surface area contributed by atoms with Crippen molar-refractivity contribution in [3.63, 3.8) is 0 Å². The Morgan fingerprint density at radius 3 is 2.52 bits per heavy atom. The number of para-hydroxylation sites is 1. The molecule has 2 aromatic rings. The first kappa shape index (κ1) is 18.3. The van der Waals surface area contributed by atoms with E-state index >= 15 is 0 Å². The maximum absolute atomic E-state index is 11.8. The molecule has 0 bridgehead atoms. The number of carbonyl (C=O) groups excluding carboxylic acids is 1. The number of rotatable bonds is 4. The van der Waals surface area contributed by atoms with Crippen LogP contribution in [-0.4, -0.2) is 27.5 Å². The highest BCUT2D eigenvalue weighted by Crippen LogP contribution is 2.43. The van der Waals surface area contributed by atoms with E-state index in [9.17, 15) is 14.7 Å². The smallest absolute Gasteiger partial charge is 0.408 e. The van der Waals surface area contributed by atoms with Crippen molar-refractivity contribution in [3.8, 4) is 17.6 Å². The van der Waals surface area contributed by atoms with Crippen molar-refractivity contribution in [1.82, 2.24) is 4.90 Å². The molecule has 0 unspecified atom stereocenters. The predicted octanol–water partition coefficient (Wildman–Crippen LogP) is 3.41. The van der Waals surface area contributed by atoms with Crippen LogP contribution < -0.4 is 10.5 Å². The fourth-order valence-electron chi connectivity index (χ4n) is 3.45. The fourth-order valence-corrected chi connectivity index (χ4v) is 3.45. The Bertz CT molecular complexity index is 920. The Morgan fingerprint density at radius 2 is 1.93 bits per heavy atom. The van der Waals surface area contributed by atoms with Gasteiger partial charge in [0.1, 0.15) is 23.1 Å². The summed E-state index contributed by atoms with van der Waals surface area (Å²) < 4.78 is 5.74. The third-order valence-electron chi connectivity index (χ3n) is 4.99. The minimum Gasteiger partial charge on any atom is -0.465 e. The number of carboxylic acid groups (broad SMARTS) is 1. The third-order valence-corrected chi connectivity index (χ3v) is 4.99. The van der Waals surface area contributed by atoms with Gasteiger partial charge in [-0.05, 0) is 49.6 Å². The Balaban J connectivity index is 1.84. The first-order valence-electron chi connectivity index (χ1n) is 8.46. The number of primary amides is 1. The minimum absolute atomic E-state index is 0.368. The van der Waals surface area contributed by atoms with E-state index in [2.05, 4.69) is 6.07 Å². The van der Waals surface area contributed by atoms with Crippen molar-refractivity contribution >= 4 is 12.0 Å². The van der Waals surface area contributed by atoms with Gasteiger partial charge in [-0.3, -0.25) is 9.69 Å². The number of ether oxygens (including phenoxy) is 1. The van der Waals surface area contributed by atoms with Crippen LogP contribution in [0.25, 0.3) is 0 Å². The number of nitrogens with two attached hydrogens (primary N) is 1. The molecule has 2 atom stereocenters. The zero-order chi connectivity index (χ0) is 19.6. The lowest BCUT2D eigenvalue weighted by atomic mass is 9.98. The zero-order valence-corrected chi connectivity index (χ0v) is 14.8. The van der Waals surface area contributed by atoms with Gasteiger partial charge in [0.15, 0.2) is 0 Å². The highest BCUT2D eigenvalue weighted by atomic mass is 16.5. The van der Waals surface area contributed by atoms with Gasteiger partial charge in [0, 0.05) is 0 Å². The Kier molecular flexibility index (Phi) is 4.74. The van der Waals surface area contributed by atoms with Crippen molar-refractivity contribution in [2.45, 2.75) is 31.3 Å². The number of carbonyl (C=O) groups is 2. The molecule has 1 fully saturated rings. The van der Waals surface area contributed by atoms with Crippen LogP contribution in [0.4, 0.5) is 4.79 Å². The average molecular weight is 365 g/mol. The van der Waals surface area contributed by atoms with Gasteiger partial charge < -0.3 is 15.6 Å². The topological polar surface area (TPSA) is 117 Å². The van der Waals surface area contributed by atoms with Gasteiger partial charge in [0.25, 0.3) is 0 Å². The monoisotopic (exact) mass is 365 g/mol. The van der Waals surface area contributed by atoms with E-state index in [1.165, 1.54) is 0 Å². The van der Waals surface area contributed by atoms with E-state index in [0.717, 1.165) is 10.5 Å². The van der Waals surface area contributed by atoms with Crippen LogP contribution in [-0.2, 0) is 4.79 Å². The number of nitrogens with zero attached hydrogens (tertiary/aromatic N) is 2. The lowest BCUT2D eigenvalue weighted by Gasteiger charge is -2.33. The molecule has 2 amide bonds. The second-order valence-electron chi connectivity index (χ2n) is 6.62. The molecular formula is C20H19N3O4. The van der Waals surface area contributed by atoms with Gasteiger partial charge >= 0.3 is 6.09 Å². The summed E-state index contributed by atoms with van der Waals surface area (Å²) in [5, 5.41) is 18.7. The molecule has 0 saturated carbocycles. The predicted molar refractivity (Wildman–Crippen MR) is 97.1 cm³/mol. The Hall–Kier alpha value is -3.53. The average Bonchev–Trinajstić information content (AvgIpc) is 3.02. The minimum atomic E-state index is -1.22. The first-order valence-corrected chi connectivity index (χ1v) is 8.46. The van der Waals surface area contributed by atoms with Crippen LogP contribution in [0.3, 0.4) is 0 Å². The van der Waals surface area contributed by atoms with Crippen molar-refractivity contribution in [1.29, 1.82) is 5.26 Å². The van der Waals surface area contributed by atoms with Crippen LogP contribution in [0, 0.1) is 11.3 Å². The van der Waals surface area contributed by atoms with Crippen molar-refractivity contribution in [3.05, 3.63) is 59.7 Å². The van der Waals surface area contributed by atoms with Crippen molar-refractivity contribution in [2.24, 2.45) is 5.73 Å². The summed E-state index contributed by atoms with van der Waals surface area (Å²) in [7, 11) is 0. The third kappa shape index (κ3) is 3.29. The summed E-state index contributed by atoms with van der Waals surface area (Å²) in [5.41, 5.74) is 5.40. The highest BCUT2D eigenvalue weighted by Gasteiger charge is 2.50. The van der Waals surface area contributed by atoms with Crippen molar-refractivity contribution in [2.75, 3.05) is 0 Å². The number of hydrogen-bond acceptors (Lipinski definition) is 4. The van der Waals surface area contributed by atoms with Gasteiger partial charge in [0.05, 0.1) is 11.6 Å². The number of likely N-dealkylation sites (tertiary alicyclic amines) is 1. The van der Waals surface area contributed by atoms with E-state index < -0.39 is 23.6 Å². The van der Waals surface area contributed by atoms with E-state index in [1.54, 1.807) is 55.5 Å². The van der Waals surface area contributed by atoms with E-state index in [4.69, 9.17) is 15.7 Å². The van der Waals surface area contributed by atoms with Gasteiger partial charge in [-0.15, -0.1) is 0 Å². The molecule has 7 nitrogen and oxygen atoms in total. The molecule has 2 aromatic carbocycles. The van der Waals surface area contributed by atoms with Gasteiger partial charge in [-0.1, -0.05) is 24.3 Å². The van der Waals surface area contributed by atoms with Gasteiger partial charge in [-0.25, -0.2) is 4.79 Å². The second-order valence-corrected chi connectivity index (χ2v) is 6.62. The van der Waals surface area contributed by atoms with E-state index in [0.29, 0.717) is 29.9 Å². The lowest BCUT2D eigenvalue weighted by molar-refractivity contribution is -0.127. The standard InChI is InChI=1S/C20H19N3O4/c1-20(18(22)24)11-10-16(23(20)19(25)26)13-6-8-15(9-7-13)27-17-5-3-2-4-14(17)12-21/h2-9,16H,10-11H2,1H3,(H2,22,24)(H,25,26)/t16-,20+/m1/s1. The fraction of sp³-hybridized carbons (Fsp3) is 0.250. The summed E-state index contributed by atoms with van der Waals surface area (Å²) in [6.07, 6.45) is -0.307. The summed E-state index contributed by atoms with van der Waals surface area (Å²) in [4.78, 5) is 24.7. The molecule has 7 heteroatoms. The molecule has 1 aliphatic rings. The van der Waals surface area contributed by atoms with Crippen LogP contribution in [0.15, 0.2) is 48.5 Å². The molecule has 0 aromatic heterocycles.